The van der Waals surface area contributed by atoms with Crippen molar-refractivity contribution in [3.63, 3.8) is 0 Å². The molecule has 0 saturated heterocycles. The quantitative estimate of drug-likeness (QED) is 0.770. The van der Waals surface area contributed by atoms with Crippen LogP contribution < -0.4 is 5.32 Å². The number of hydrogen-bond acceptors (Lipinski definition) is 1. The second kappa shape index (κ2) is 5.88. The van der Waals surface area contributed by atoms with E-state index in [0.29, 0.717) is 0 Å². The molecule has 0 aliphatic heterocycles. The Kier molecular flexibility index (Phi) is 4.45. The number of nitrogens with one attached hydrogen (secondary N) is 1. The van der Waals surface area contributed by atoms with Gasteiger partial charge >= 0.3 is 0 Å². The standard InChI is InChI=1S/C17H27N/c1-5-8-18-11-15-6-7-16(15)17-10-13(3)12(2)9-14(17)4/h9-10,15-16,18H,5-8,11H2,1-4H3. The van der Waals surface area contributed by atoms with E-state index in [1.54, 1.807) is 5.56 Å². The maximum atomic E-state index is 3.58. The van der Waals surface area contributed by atoms with E-state index >= 15 is 0 Å². The van der Waals surface area contributed by atoms with Crippen molar-refractivity contribution in [1.29, 1.82) is 0 Å². The molecule has 1 aliphatic carbocycles. The van der Waals surface area contributed by atoms with E-state index in [9.17, 15) is 0 Å². The van der Waals surface area contributed by atoms with Crippen molar-refractivity contribution in [3.8, 4) is 0 Å². The Morgan fingerprint density at radius 3 is 2.39 bits per heavy atom. The molecule has 1 aromatic rings. The van der Waals surface area contributed by atoms with Gasteiger partial charge < -0.3 is 5.32 Å². The van der Waals surface area contributed by atoms with Gasteiger partial charge in [-0.3, -0.25) is 0 Å². The third-order valence-electron chi connectivity index (χ3n) is 4.53. The SMILES string of the molecule is CCCNCC1CCC1c1cc(C)c(C)cc1C. The van der Waals surface area contributed by atoms with Gasteiger partial charge in [-0.15, -0.1) is 0 Å². The van der Waals surface area contributed by atoms with Gasteiger partial charge in [-0.25, -0.2) is 0 Å². The molecular formula is C17H27N. The summed E-state index contributed by atoms with van der Waals surface area (Å²) >= 11 is 0. The highest BCUT2D eigenvalue weighted by atomic mass is 14.9. The summed E-state index contributed by atoms with van der Waals surface area (Å²) in [6, 6.07) is 4.79. The highest BCUT2D eigenvalue weighted by molar-refractivity contribution is 5.39. The Hall–Kier alpha value is -0.820. The van der Waals surface area contributed by atoms with E-state index in [-0.39, 0.29) is 0 Å². The number of benzene rings is 1. The summed E-state index contributed by atoms with van der Waals surface area (Å²) < 4.78 is 0. The minimum atomic E-state index is 0.800. The molecule has 1 heteroatoms. The Labute approximate surface area is 112 Å². The lowest BCUT2D eigenvalue weighted by molar-refractivity contribution is 0.245. The summed E-state index contributed by atoms with van der Waals surface area (Å²) in [4.78, 5) is 0. The van der Waals surface area contributed by atoms with Gasteiger partial charge in [0.25, 0.3) is 0 Å². The van der Waals surface area contributed by atoms with Crippen molar-refractivity contribution in [2.24, 2.45) is 5.92 Å². The summed E-state index contributed by atoms with van der Waals surface area (Å²) in [7, 11) is 0. The molecule has 1 nitrogen and oxygen atoms in total. The highest BCUT2D eigenvalue weighted by Gasteiger charge is 2.32. The average Bonchev–Trinajstić information content (AvgIpc) is 2.30. The maximum Gasteiger partial charge on any atom is -0.00147 e. The van der Waals surface area contributed by atoms with Crippen LogP contribution in [0.25, 0.3) is 0 Å². The first-order valence-electron chi connectivity index (χ1n) is 7.42. The molecule has 0 spiro atoms. The van der Waals surface area contributed by atoms with Gasteiger partial charge in [0.2, 0.25) is 0 Å². The van der Waals surface area contributed by atoms with Crippen molar-refractivity contribution < 1.29 is 0 Å². The Bertz CT molecular complexity index is 408. The van der Waals surface area contributed by atoms with Crippen molar-refractivity contribution in [2.75, 3.05) is 13.1 Å². The zero-order valence-electron chi connectivity index (χ0n) is 12.3. The second-order valence-electron chi connectivity index (χ2n) is 5.94. The minimum absolute atomic E-state index is 0.800. The lowest BCUT2D eigenvalue weighted by atomic mass is 9.68. The van der Waals surface area contributed by atoms with Gasteiger partial charge in [0.05, 0.1) is 0 Å². The van der Waals surface area contributed by atoms with E-state index < -0.39 is 0 Å². The number of aryl methyl sites for hydroxylation is 3. The van der Waals surface area contributed by atoms with E-state index in [0.717, 1.165) is 18.4 Å². The van der Waals surface area contributed by atoms with E-state index in [1.807, 2.05) is 0 Å². The first-order valence-corrected chi connectivity index (χ1v) is 7.42. The zero-order chi connectivity index (χ0) is 13.1. The van der Waals surface area contributed by atoms with Gasteiger partial charge in [-0.05, 0) is 87.2 Å². The number of hydrogen-bond donors (Lipinski definition) is 1. The average molecular weight is 245 g/mol. The minimum Gasteiger partial charge on any atom is -0.316 e. The molecule has 0 amide bonds. The third kappa shape index (κ3) is 2.77. The fraction of sp³-hybridized carbons (Fsp3) is 0.647. The summed E-state index contributed by atoms with van der Waals surface area (Å²) in [5.74, 6) is 1.66. The molecule has 1 N–H and O–H groups in total. The van der Waals surface area contributed by atoms with Gasteiger partial charge in [0.1, 0.15) is 0 Å². The molecule has 18 heavy (non-hydrogen) atoms. The topological polar surface area (TPSA) is 12.0 Å². The molecule has 0 heterocycles. The second-order valence-corrected chi connectivity index (χ2v) is 5.94. The molecule has 0 radical (unpaired) electrons. The smallest absolute Gasteiger partial charge is 0.00147 e. The van der Waals surface area contributed by atoms with Crippen LogP contribution in [0.1, 0.15) is 54.4 Å². The fourth-order valence-electron chi connectivity index (χ4n) is 3.07. The summed E-state index contributed by atoms with van der Waals surface area (Å²) in [5, 5.41) is 3.58. The summed E-state index contributed by atoms with van der Waals surface area (Å²) in [6.45, 7) is 11.3. The van der Waals surface area contributed by atoms with Crippen LogP contribution in [0.15, 0.2) is 12.1 Å². The molecule has 1 fully saturated rings. The monoisotopic (exact) mass is 245 g/mol. The maximum absolute atomic E-state index is 3.58. The predicted molar refractivity (Wildman–Crippen MR) is 79.3 cm³/mol. The lowest BCUT2D eigenvalue weighted by Crippen LogP contribution is -2.34. The van der Waals surface area contributed by atoms with E-state index in [1.165, 1.54) is 42.5 Å². The van der Waals surface area contributed by atoms with Crippen LogP contribution >= 0.6 is 0 Å². The van der Waals surface area contributed by atoms with Crippen molar-refractivity contribution in [1.82, 2.24) is 5.32 Å². The Morgan fingerprint density at radius 2 is 1.78 bits per heavy atom. The van der Waals surface area contributed by atoms with Crippen molar-refractivity contribution in [3.05, 3.63) is 34.4 Å². The lowest BCUT2D eigenvalue weighted by Gasteiger charge is -2.38. The molecule has 2 unspecified atom stereocenters. The zero-order valence-corrected chi connectivity index (χ0v) is 12.3. The van der Waals surface area contributed by atoms with Crippen LogP contribution in [0, 0.1) is 26.7 Å². The van der Waals surface area contributed by atoms with Crippen LogP contribution in [0.5, 0.6) is 0 Å². The van der Waals surface area contributed by atoms with Crippen LogP contribution in [0.3, 0.4) is 0 Å². The third-order valence-corrected chi connectivity index (χ3v) is 4.53. The first kappa shape index (κ1) is 13.6. The van der Waals surface area contributed by atoms with Crippen LogP contribution in [-0.2, 0) is 0 Å². The molecule has 0 aromatic heterocycles. The first-order chi connectivity index (χ1) is 8.63. The molecule has 1 aromatic carbocycles. The van der Waals surface area contributed by atoms with Gasteiger partial charge in [0.15, 0.2) is 0 Å². The van der Waals surface area contributed by atoms with Gasteiger partial charge in [0, 0.05) is 0 Å². The summed E-state index contributed by atoms with van der Waals surface area (Å²) in [6.07, 6.45) is 4.01. The summed E-state index contributed by atoms with van der Waals surface area (Å²) in [5.41, 5.74) is 5.97. The van der Waals surface area contributed by atoms with Crippen LogP contribution in [0.4, 0.5) is 0 Å². The molecule has 0 bridgehead atoms. The largest absolute Gasteiger partial charge is 0.316 e. The van der Waals surface area contributed by atoms with E-state index in [4.69, 9.17) is 0 Å². The molecular weight excluding hydrogens is 218 g/mol. The number of rotatable bonds is 5. The van der Waals surface area contributed by atoms with Crippen molar-refractivity contribution >= 4 is 0 Å². The van der Waals surface area contributed by atoms with Gasteiger partial charge in [-0.1, -0.05) is 19.1 Å². The molecule has 1 saturated carbocycles. The van der Waals surface area contributed by atoms with Crippen LogP contribution in [-0.4, -0.2) is 13.1 Å². The Balaban J connectivity index is 2.05. The van der Waals surface area contributed by atoms with Crippen molar-refractivity contribution in [2.45, 2.75) is 52.9 Å². The highest BCUT2D eigenvalue weighted by Crippen LogP contribution is 2.43. The Morgan fingerprint density at radius 1 is 1.06 bits per heavy atom. The molecule has 100 valence electrons. The normalized spacial score (nSPS) is 22.9. The molecule has 1 aliphatic rings. The van der Waals surface area contributed by atoms with Crippen LogP contribution in [0.2, 0.25) is 0 Å². The van der Waals surface area contributed by atoms with Gasteiger partial charge in [-0.2, -0.15) is 0 Å². The molecule has 2 atom stereocenters. The van der Waals surface area contributed by atoms with E-state index in [2.05, 4.69) is 45.1 Å². The predicted octanol–water partition coefficient (Wildman–Crippen LogP) is 4.11. The fourth-order valence-corrected chi connectivity index (χ4v) is 3.07. The molecule has 2 rings (SSSR count).